The van der Waals surface area contributed by atoms with E-state index in [1.165, 1.54) is 25.7 Å². The highest BCUT2D eigenvalue weighted by Crippen LogP contribution is 2.12. The number of allylic oxidation sites excluding steroid dienone is 20. The van der Waals surface area contributed by atoms with Crippen molar-refractivity contribution in [1.29, 1.82) is 0 Å². The van der Waals surface area contributed by atoms with Gasteiger partial charge in [0, 0.05) is 19.3 Å². The molecule has 2 unspecified atom stereocenters. The van der Waals surface area contributed by atoms with Crippen molar-refractivity contribution in [3.8, 4) is 0 Å². The molecule has 0 aromatic heterocycles. The minimum Gasteiger partial charge on any atom is -0.477 e. The molecule has 2 atom stereocenters. The van der Waals surface area contributed by atoms with Gasteiger partial charge in [0.05, 0.1) is 34.4 Å². The van der Waals surface area contributed by atoms with Crippen LogP contribution < -0.4 is 0 Å². The van der Waals surface area contributed by atoms with E-state index in [1.807, 2.05) is 21.1 Å². The van der Waals surface area contributed by atoms with E-state index in [9.17, 15) is 19.5 Å². The third kappa shape index (κ3) is 44.7. The first kappa shape index (κ1) is 60.7. The highest BCUT2D eigenvalue weighted by Gasteiger charge is 2.31. The lowest BCUT2D eigenvalue weighted by Crippen LogP contribution is -2.50. The van der Waals surface area contributed by atoms with E-state index < -0.39 is 18.1 Å². The second kappa shape index (κ2) is 46.3. The predicted molar refractivity (Wildman–Crippen MR) is 275 cm³/mol. The minimum absolute atomic E-state index is 0.0229. The van der Waals surface area contributed by atoms with E-state index in [-0.39, 0.29) is 42.7 Å². The Morgan fingerprint density at radius 2 is 0.877 bits per heavy atom. The number of nitrogens with zero attached hydrogens (tertiary/aromatic N) is 1. The molecule has 0 heterocycles. The number of esters is 2. The molecule has 0 saturated heterocycles. The van der Waals surface area contributed by atoms with Crippen LogP contribution in [0.15, 0.2) is 122 Å². The van der Waals surface area contributed by atoms with E-state index in [4.69, 9.17) is 14.2 Å². The number of carboxylic acid groups (broad SMARTS) is 1. The van der Waals surface area contributed by atoms with Crippen LogP contribution in [0.2, 0.25) is 0 Å². The second-order valence-corrected chi connectivity index (χ2v) is 17.3. The smallest absolute Gasteiger partial charge is 0.362 e. The van der Waals surface area contributed by atoms with Crippen LogP contribution in [-0.2, 0) is 28.6 Å². The first-order valence-electron chi connectivity index (χ1n) is 25.1. The Morgan fingerprint density at radius 1 is 0.477 bits per heavy atom. The van der Waals surface area contributed by atoms with Gasteiger partial charge in [-0.2, -0.15) is 0 Å². The van der Waals surface area contributed by atoms with Crippen molar-refractivity contribution in [2.75, 3.05) is 41.0 Å². The summed E-state index contributed by atoms with van der Waals surface area (Å²) in [4.78, 5) is 37.1. The summed E-state index contributed by atoms with van der Waals surface area (Å²) in [5.74, 6) is -1.58. The highest BCUT2D eigenvalue weighted by atomic mass is 16.6. The fourth-order valence-corrected chi connectivity index (χ4v) is 6.50. The highest BCUT2D eigenvalue weighted by molar-refractivity contribution is 5.72. The number of rotatable bonds is 43. The number of hydrogen-bond donors (Lipinski definition) is 1. The molecule has 0 aliphatic heterocycles. The standard InChI is InChI=1S/C57H91NO7/c1-6-8-10-12-14-16-18-20-22-24-26-28-30-31-33-35-37-39-41-43-45-47-55(59)64-52-53(51-63-50-49-54(57(61)62)58(3,4)5)65-56(60)48-46-44-42-40-38-36-34-32-29-27-25-23-21-19-17-15-13-11-9-7-2/h9,11,14-17,20-23,26-29,31,33-34,36,40,42,53-54H,6-8,10,12-13,18-19,24-25,30,32,35,37-39,41,43-52H2,1-5H3/p+1/b11-9+,16-14+,17-15+,22-20+,23-21+,28-26+,29-27+,33-31+,36-34+,42-40+. The van der Waals surface area contributed by atoms with Gasteiger partial charge in [0.1, 0.15) is 6.61 Å². The van der Waals surface area contributed by atoms with Crippen LogP contribution in [-0.4, -0.2) is 80.6 Å². The Hall–Kier alpha value is -4.27. The average molecular weight is 903 g/mol. The van der Waals surface area contributed by atoms with E-state index in [0.29, 0.717) is 19.3 Å². The molecule has 8 nitrogen and oxygen atoms in total. The summed E-state index contributed by atoms with van der Waals surface area (Å²) in [6, 6.07) is -0.637. The molecule has 0 saturated carbocycles. The van der Waals surface area contributed by atoms with Crippen molar-refractivity contribution in [1.82, 2.24) is 0 Å². The van der Waals surface area contributed by atoms with Gasteiger partial charge in [0.15, 0.2) is 12.1 Å². The van der Waals surface area contributed by atoms with Gasteiger partial charge in [-0.15, -0.1) is 0 Å². The maximum atomic E-state index is 12.8. The number of likely N-dealkylation sites (N-methyl/N-ethyl adjacent to an activating group) is 1. The molecule has 0 amide bonds. The lowest BCUT2D eigenvalue weighted by molar-refractivity contribution is -0.887. The third-order valence-electron chi connectivity index (χ3n) is 10.3. The van der Waals surface area contributed by atoms with Gasteiger partial charge in [-0.05, 0) is 103 Å². The van der Waals surface area contributed by atoms with E-state index >= 15 is 0 Å². The van der Waals surface area contributed by atoms with Gasteiger partial charge in [-0.25, -0.2) is 4.79 Å². The Morgan fingerprint density at radius 3 is 1.32 bits per heavy atom. The van der Waals surface area contributed by atoms with Crippen molar-refractivity contribution in [2.45, 2.75) is 180 Å². The predicted octanol–water partition coefficient (Wildman–Crippen LogP) is 14.6. The molecule has 0 bridgehead atoms. The number of carbonyl (C=O) groups is 3. The van der Waals surface area contributed by atoms with Crippen LogP contribution in [0.3, 0.4) is 0 Å². The molecule has 0 aromatic carbocycles. The Bertz CT molecular complexity index is 1470. The fraction of sp³-hybridized carbons (Fsp3) is 0.596. The zero-order chi connectivity index (χ0) is 47.7. The Balaban J connectivity index is 4.44. The van der Waals surface area contributed by atoms with E-state index in [0.717, 1.165) is 103 Å². The number of carboxylic acids is 1. The van der Waals surface area contributed by atoms with E-state index in [2.05, 4.69) is 135 Å². The summed E-state index contributed by atoms with van der Waals surface area (Å²) in [7, 11) is 5.49. The third-order valence-corrected chi connectivity index (χ3v) is 10.3. The molecule has 0 fully saturated rings. The summed E-state index contributed by atoms with van der Waals surface area (Å²) >= 11 is 0. The monoisotopic (exact) mass is 903 g/mol. The Kier molecular flexibility index (Phi) is 43.2. The quantitative estimate of drug-likeness (QED) is 0.0282. The lowest BCUT2D eigenvalue weighted by Gasteiger charge is -2.31. The normalized spacial score (nSPS) is 13.9. The molecule has 65 heavy (non-hydrogen) atoms. The van der Waals surface area contributed by atoms with Gasteiger partial charge < -0.3 is 23.8 Å². The maximum absolute atomic E-state index is 12.8. The number of hydrogen-bond acceptors (Lipinski definition) is 6. The summed E-state index contributed by atoms with van der Waals surface area (Å²) in [6.07, 6.45) is 65.4. The molecule has 0 aliphatic carbocycles. The molecule has 8 heteroatoms. The van der Waals surface area contributed by atoms with Crippen molar-refractivity contribution in [3.63, 3.8) is 0 Å². The van der Waals surface area contributed by atoms with E-state index in [1.54, 1.807) is 0 Å². The molecular weight excluding hydrogens is 811 g/mol. The molecule has 0 aliphatic rings. The maximum Gasteiger partial charge on any atom is 0.362 e. The van der Waals surface area contributed by atoms with Crippen molar-refractivity contribution < 1.29 is 38.2 Å². The number of unbranched alkanes of at least 4 members (excludes halogenated alkanes) is 9. The molecule has 366 valence electrons. The topological polar surface area (TPSA) is 99.1 Å². The van der Waals surface area contributed by atoms with Gasteiger partial charge in [0.25, 0.3) is 0 Å². The average Bonchev–Trinajstić information content (AvgIpc) is 3.27. The lowest BCUT2D eigenvalue weighted by atomic mass is 10.1. The fourth-order valence-electron chi connectivity index (χ4n) is 6.50. The van der Waals surface area contributed by atoms with Crippen LogP contribution in [0.5, 0.6) is 0 Å². The van der Waals surface area contributed by atoms with Crippen LogP contribution in [0.25, 0.3) is 0 Å². The summed E-state index contributed by atoms with van der Waals surface area (Å²) in [6.45, 7) is 4.49. The van der Waals surface area contributed by atoms with Gasteiger partial charge >= 0.3 is 17.9 Å². The minimum atomic E-state index is -0.892. The number of carbonyl (C=O) groups excluding carboxylic acids is 2. The van der Waals surface area contributed by atoms with Crippen LogP contribution in [0.4, 0.5) is 0 Å². The molecule has 0 aromatic rings. The molecular formula is C57H92NO7+. The van der Waals surface area contributed by atoms with Crippen molar-refractivity contribution in [3.05, 3.63) is 122 Å². The molecule has 0 rings (SSSR count). The Labute approximate surface area is 397 Å². The largest absolute Gasteiger partial charge is 0.477 e. The number of quaternary nitrogens is 1. The number of aliphatic carboxylic acids is 1. The summed E-state index contributed by atoms with van der Waals surface area (Å²) < 4.78 is 17.3. The zero-order valence-electron chi connectivity index (χ0n) is 41.6. The van der Waals surface area contributed by atoms with Crippen LogP contribution in [0.1, 0.15) is 168 Å². The zero-order valence-corrected chi connectivity index (χ0v) is 41.6. The molecule has 0 spiro atoms. The van der Waals surface area contributed by atoms with Crippen molar-refractivity contribution >= 4 is 17.9 Å². The van der Waals surface area contributed by atoms with Gasteiger partial charge in [0.2, 0.25) is 0 Å². The number of ether oxygens (including phenoxy) is 3. The van der Waals surface area contributed by atoms with Gasteiger partial charge in [-0.1, -0.05) is 167 Å². The SMILES string of the molecule is CC/C=C/C/C=C/C/C=C/C/C=C/C/C=C/C/C=C/CCCC(=O)OC(COCCC(C(=O)O)[N+](C)(C)C)COC(=O)CCCCCCC/C=C/C/C=C/C/C=C/C/C=C/CCCCC. The van der Waals surface area contributed by atoms with Gasteiger partial charge in [-0.3, -0.25) is 9.59 Å². The van der Waals surface area contributed by atoms with Crippen LogP contribution >= 0.6 is 0 Å². The summed E-state index contributed by atoms with van der Waals surface area (Å²) in [5, 5.41) is 9.65. The van der Waals surface area contributed by atoms with Crippen molar-refractivity contribution in [2.24, 2.45) is 0 Å². The first-order chi connectivity index (χ1) is 31.6. The molecule has 1 N–H and O–H groups in total. The molecule has 0 radical (unpaired) electrons. The summed E-state index contributed by atoms with van der Waals surface area (Å²) in [5.41, 5.74) is 0. The second-order valence-electron chi connectivity index (χ2n) is 17.3. The van der Waals surface area contributed by atoms with Crippen LogP contribution in [0, 0.1) is 0 Å². The first-order valence-corrected chi connectivity index (χ1v) is 25.1.